The monoisotopic (exact) mass is 325 g/mol. The maximum Gasteiger partial charge on any atom is 0.131 e. The van der Waals surface area contributed by atoms with Crippen molar-refractivity contribution in [1.29, 1.82) is 0 Å². The van der Waals surface area contributed by atoms with Crippen molar-refractivity contribution in [3.63, 3.8) is 0 Å². The molecule has 0 radical (unpaired) electrons. The van der Waals surface area contributed by atoms with Crippen LogP contribution in [0.25, 0.3) is 0 Å². The number of hydrogen-bond donors (Lipinski definition) is 1. The second-order valence-electron chi connectivity index (χ2n) is 4.11. The molecule has 2 aromatic rings. The lowest BCUT2D eigenvalue weighted by Crippen LogP contribution is -2.20. The smallest absolute Gasteiger partial charge is 0.131 e. The SMILES string of the molecule is CC[C@@H](NCc1nnc(C)s1)c1ccc(Br)cc1. The summed E-state index contributed by atoms with van der Waals surface area (Å²) < 4.78 is 1.11. The van der Waals surface area contributed by atoms with Crippen LogP contribution in [0.4, 0.5) is 0 Å². The largest absolute Gasteiger partial charge is 0.304 e. The van der Waals surface area contributed by atoms with Crippen LogP contribution in [0.15, 0.2) is 28.7 Å². The van der Waals surface area contributed by atoms with Crippen molar-refractivity contribution in [2.45, 2.75) is 32.9 Å². The first kappa shape index (κ1) is 13.6. The number of nitrogens with one attached hydrogen (secondary N) is 1. The van der Waals surface area contributed by atoms with E-state index in [2.05, 4.69) is 62.6 Å². The Bertz CT molecular complexity index is 495. The Hall–Kier alpha value is -0.780. The van der Waals surface area contributed by atoms with Gasteiger partial charge in [0.05, 0.1) is 6.54 Å². The highest BCUT2D eigenvalue weighted by molar-refractivity contribution is 9.10. The van der Waals surface area contributed by atoms with Gasteiger partial charge in [-0.25, -0.2) is 0 Å². The summed E-state index contributed by atoms with van der Waals surface area (Å²) in [6, 6.07) is 8.82. The molecular weight excluding hydrogens is 310 g/mol. The molecule has 96 valence electrons. The first-order valence-corrected chi connectivity index (χ1v) is 7.58. The molecule has 18 heavy (non-hydrogen) atoms. The molecule has 1 aromatic heterocycles. The third-order valence-corrected chi connectivity index (χ3v) is 4.12. The zero-order valence-corrected chi connectivity index (χ0v) is 12.9. The quantitative estimate of drug-likeness (QED) is 0.907. The van der Waals surface area contributed by atoms with Gasteiger partial charge in [0.25, 0.3) is 0 Å². The molecule has 0 spiro atoms. The first-order valence-electron chi connectivity index (χ1n) is 5.97. The Balaban J connectivity index is 1.99. The average molecular weight is 326 g/mol. The van der Waals surface area contributed by atoms with Gasteiger partial charge >= 0.3 is 0 Å². The number of benzene rings is 1. The molecule has 1 atom stereocenters. The zero-order chi connectivity index (χ0) is 13.0. The van der Waals surface area contributed by atoms with Gasteiger partial charge in [-0.3, -0.25) is 0 Å². The minimum absolute atomic E-state index is 0.363. The number of hydrogen-bond acceptors (Lipinski definition) is 4. The normalized spacial score (nSPS) is 12.6. The number of aryl methyl sites for hydroxylation is 1. The van der Waals surface area contributed by atoms with Gasteiger partial charge in [0.2, 0.25) is 0 Å². The van der Waals surface area contributed by atoms with Gasteiger partial charge in [-0.1, -0.05) is 35.0 Å². The highest BCUT2D eigenvalue weighted by atomic mass is 79.9. The summed E-state index contributed by atoms with van der Waals surface area (Å²) in [5.74, 6) is 0. The lowest BCUT2D eigenvalue weighted by molar-refractivity contribution is 0.516. The van der Waals surface area contributed by atoms with E-state index in [4.69, 9.17) is 0 Å². The molecule has 0 saturated carbocycles. The summed E-state index contributed by atoms with van der Waals surface area (Å²) in [5.41, 5.74) is 1.31. The second kappa shape index (κ2) is 6.41. The summed E-state index contributed by atoms with van der Waals surface area (Å²) in [7, 11) is 0. The fourth-order valence-electron chi connectivity index (χ4n) is 1.81. The summed E-state index contributed by atoms with van der Waals surface area (Å²) in [6.07, 6.45) is 1.05. The van der Waals surface area contributed by atoms with E-state index in [0.29, 0.717) is 6.04 Å². The maximum absolute atomic E-state index is 4.13. The third kappa shape index (κ3) is 3.60. The summed E-state index contributed by atoms with van der Waals surface area (Å²) >= 11 is 5.10. The highest BCUT2D eigenvalue weighted by Crippen LogP contribution is 2.20. The van der Waals surface area contributed by atoms with Crippen molar-refractivity contribution in [2.24, 2.45) is 0 Å². The average Bonchev–Trinajstić information content (AvgIpc) is 2.78. The molecule has 0 unspecified atom stereocenters. The van der Waals surface area contributed by atoms with E-state index in [1.54, 1.807) is 11.3 Å². The fraction of sp³-hybridized carbons (Fsp3) is 0.385. The van der Waals surface area contributed by atoms with Crippen LogP contribution in [0.3, 0.4) is 0 Å². The van der Waals surface area contributed by atoms with Crippen molar-refractivity contribution < 1.29 is 0 Å². The Morgan fingerprint density at radius 2 is 2.00 bits per heavy atom. The van der Waals surface area contributed by atoms with E-state index < -0.39 is 0 Å². The molecule has 2 rings (SSSR count). The van der Waals surface area contributed by atoms with Crippen LogP contribution in [0.1, 0.15) is 35.0 Å². The van der Waals surface area contributed by atoms with Gasteiger partial charge in [0, 0.05) is 10.5 Å². The molecule has 0 aliphatic heterocycles. The predicted molar refractivity (Wildman–Crippen MR) is 78.7 cm³/mol. The van der Waals surface area contributed by atoms with Crippen molar-refractivity contribution in [3.8, 4) is 0 Å². The van der Waals surface area contributed by atoms with Crippen LogP contribution < -0.4 is 5.32 Å². The van der Waals surface area contributed by atoms with E-state index in [0.717, 1.165) is 27.5 Å². The standard InChI is InChI=1S/C13H16BrN3S/c1-3-12(10-4-6-11(14)7-5-10)15-8-13-17-16-9(2)18-13/h4-7,12,15H,3,8H2,1-2H3/t12-/m1/s1. The molecular formula is C13H16BrN3S. The molecule has 5 heteroatoms. The molecule has 1 N–H and O–H groups in total. The van der Waals surface area contributed by atoms with Crippen LogP contribution >= 0.6 is 27.3 Å². The lowest BCUT2D eigenvalue weighted by Gasteiger charge is -2.16. The van der Waals surface area contributed by atoms with Gasteiger partial charge < -0.3 is 5.32 Å². The molecule has 0 aliphatic rings. The van der Waals surface area contributed by atoms with Gasteiger partial charge in [-0.15, -0.1) is 21.5 Å². The minimum atomic E-state index is 0.363. The van der Waals surface area contributed by atoms with E-state index >= 15 is 0 Å². The third-order valence-electron chi connectivity index (χ3n) is 2.75. The topological polar surface area (TPSA) is 37.8 Å². The molecule has 1 heterocycles. The summed E-state index contributed by atoms with van der Waals surface area (Å²) in [5, 5.41) is 13.7. The predicted octanol–water partition coefficient (Wildman–Crippen LogP) is 3.85. The van der Waals surface area contributed by atoms with Crippen LogP contribution in [0, 0.1) is 6.92 Å². The second-order valence-corrected chi connectivity index (χ2v) is 6.29. The van der Waals surface area contributed by atoms with Crippen molar-refractivity contribution >= 4 is 27.3 Å². The Kier molecular flexibility index (Phi) is 4.86. The van der Waals surface area contributed by atoms with Crippen LogP contribution in [-0.4, -0.2) is 10.2 Å². The van der Waals surface area contributed by atoms with Crippen LogP contribution in [0.5, 0.6) is 0 Å². The van der Waals surface area contributed by atoms with Crippen molar-refractivity contribution in [2.75, 3.05) is 0 Å². The molecule has 0 fully saturated rings. The summed E-state index contributed by atoms with van der Waals surface area (Å²) in [6.45, 7) is 4.94. The molecule has 1 aromatic carbocycles. The molecule has 0 bridgehead atoms. The van der Waals surface area contributed by atoms with Crippen LogP contribution in [-0.2, 0) is 6.54 Å². The molecule has 0 aliphatic carbocycles. The Morgan fingerprint density at radius 1 is 1.28 bits per heavy atom. The Labute approximate surface area is 120 Å². The maximum atomic E-state index is 4.13. The van der Waals surface area contributed by atoms with Gasteiger partial charge in [-0.2, -0.15) is 0 Å². The lowest BCUT2D eigenvalue weighted by atomic mass is 10.1. The van der Waals surface area contributed by atoms with Crippen molar-refractivity contribution in [3.05, 3.63) is 44.3 Å². The minimum Gasteiger partial charge on any atom is -0.304 e. The van der Waals surface area contributed by atoms with Crippen LogP contribution in [0.2, 0.25) is 0 Å². The van der Waals surface area contributed by atoms with Gasteiger partial charge in [0.1, 0.15) is 10.0 Å². The highest BCUT2D eigenvalue weighted by Gasteiger charge is 2.09. The van der Waals surface area contributed by atoms with Gasteiger partial charge in [0.15, 0.2) is 0 Å². The van der Waals surface area contributed by atoms with Gasteiger partial charge in [-0.05, 0) is 31.0 Å². The molecule has 0 amide bonds. The number of halogens is 1. The summed E-state index contributed by atoms with van der Waals surface area (Å²) in [4.78, 5) is 0. The fourth-order valence-corrected chi connectivity index (χ4v) is 2.74. The zero-order valence-electron chi connectivity index (χ0n) is 10.5. The van der Waals surface area contributed by atoms with E-state index in [9.17, 15) is 0 Å². The number of nitrogens with zero attached hydrogens (tertiary/aromatic N) is 2. The van der Waals surface area contributed by atoms with E-state index in [1.165, 1.54) is 5.56 Å². The molecule has 3 nitrogen and oxygen atoms in total. The Morgan fingerprint density at radius 3 is 2.56 bits per heavy atom. The first-order chi connectivity index (χ1) is 8.69. The van der Waals surface area contributed by atoms with E-state index in [-0.39, 0.29) is 0 Å². The van der Waals surface area contributed by atoms with E-state index in [1.807, 2.05) is 6.92 Å². The number of aromatic nitrogens is 2. The molecule has 0 saturated heterocycles. The van der Waals surface area contributed by atoms with Crippen molar-refractivity contribution in [1.82, 2.24) is 15.5 Å². The number of rotatable bonds is 5.